The van der Waals surface area contributed by atoms with Gasteiger partial charge in [-0.3, -0.25) is 9.59 Å². The number of nitrogens with two attached hydrogens (primary N) is 1. The van der Waals surface area contributed by atoms with Crippen molar-refractivity contribution in [3.05, 3.63) is 41.2 Å². The van der Waals surface area contributed by atoms with Crippen LogP contribution in [0, 0.1) is 11.6 Å². The second kappa shape index (κ2) is 10.1. The summed E-state index contributed by atoms with van der Waals surface area (Å²) in [5.74, 6) is -3.31. The van der Waals surface area contributed by atoms with Crippen molar-refractivity contribution in [2.75, 3.05) is 13.2 Å². The Morgan fingerprint density at radius 2 is 1.93 bits per heavy atom. The standard InChI is InChI=1S/C14H14F2N3OS.C4H6O4/c15-9-3-8-4-11(7-20-13(8)12(16)5-9)19-10(1-2-17)6-18-14(19)21;5-3(6)1-2-4(7)8/h3,5-6,11H,1-2,4,7,17H2;1-2H2,(H,5,6)(H,7,8)/t11-;/m1./s1. The lowest BCUT2D eigenvalue weighted by molar-refractivity contribution is -0.143. The highest BCUT2D eigenvalue weighted by molar-refractivity contribution is 7.80. The molecule has 0 fully saturated rings. The number of rotatable bonds is 6. The Hall–Kier alpha value is -2.79. The van der Waals surface area contributed by atoms with E-state index in [4.69, 9.17) is 32.9 Å². The topological polar surface area (TPSA) is 127 Å². The average molecular weight is 428 g/mol. The van der Waals surface area contributed by atoms with Crippen LogP contribution >= 0.6 is 12.2 Å². The zero-order chi connectivity index (χ0) is 21.6. The predicted octanol–water partition coefficient (Wildman–Crippen LogP) is 1.60. The first-order valence-corrected chi connectivity index (χ1v) is 9.11. The molecule has 2 aliphatic heterocycles. The van der Waals surface area contributed by atoms with Gasteiger partial charge in [0.05, 0.1) is 18.9 Å². The molecule has 0 bridgehead atoms. The fourth-order valence-electron chi connectivity index (χ4n) is 2.90. The SMILES string of the molecule is NCCC1=C[N]C(=S)N1[C@H]1COc2c(F)cc(F)cc2C1.O=C(O)CCC(=O)O. The van der Waals surface area contributed by atoms with Crippen molar-refractivity contribution in [1.82, 2.24) is 10.2 Å². The highest BCUT2D eigenvalue weighted by Gasteiger charge is 2.33. The van der Waals surface area contributed by atoms with Crippen LogP contribution in [0.4, 0.5) is 8.78 Å². The molecule has 1 aromatic carbocycles. The normalized spacial score (nSPS) is 17.3. The number of benzene rings is 1. The zero-order valence-corrected chi connectivity index (χ0v) is 16.1. The van der Waals surface area contributed by atoms with E-state index in [0.717, 1.165) is 11.8 Å². The van der Waals surface area contributed by atoms with Gasteiger partial charge in [0.15, 0.2) is 16.7 Å². The van der Waals surface area contributed by atoms with Gasteiger partial charge in [-0.05, 0) is 24.8 Å². The number of aliphatic carboxylic acids is 2. The van der Waals surface area contributed by atoms with E-state index in [9.17, 15) is 18.4 Å². The van der Waals surface area contributed by atoms with Crippen molar-refractivity contribution in [3.8, 4) is 5.75 Å². The molecule has 29 heavy (non-hydrogen) atoms. The van der Waals surface area contributed by atoms with E-state index in [2.05, 4.69) is 5.32 Å². The molecule has 1 aromatic rings. The molecule has 0 saturated heterocycles. The van der Waals surface area contributed by atoms with E-state index in [0.29, 0.717) is 30.1 Å². The van der Waals surface area contributed by atoms with Crippen molar-refractivity contribution in [2.45, 2.75) is 31.7 Å². The molecule has 11 heteroatoms. The molecule has 3 rings (SSSR count). The van der Waals surface area contributed by atoms with Gasteiger partial charge >= 0.3 is 11.9 Å². The van der Waals surface area contributed by atoms with Crippen LogP contribution in [0.5, 0.6) is 5.75 Å². The van der Waals surface area contributed by atoms with E-state index < -0.39 is 23.6 Å². The molecule has 0 spiro atoms. The summed E-state index contributed by atoms with van der Waals surface area (Å²) in [7, 11) is 0. The first kappa shape index (κ1) is 22.5. The lowest BCUT2D eigenvalue weighted by Crippen LogP contribution is -2.44. The van der Waals surface area contributed by atoms with E-state index in [1.165, 1.54) is 6.07 Å². The Morgan fingerprint density at radius 1 is 1.28 bits per heavy atom. The Balaban J connectivity index is 0.000000321. The van der Waals surface area contributed by atoms with Gasteiger partial charge in [-0.25, -0.2) is 14.1 Å². The molecule has 2 aliphatic rings. The number of hydrogen-bond acceptors (Lipinski definition) is 5. The first-order chi connectivity index (χ1) is 13.7. The van der Waals surface area contributed by atoms with E-state index in [1.54, 1.807) is 6.20 Å². The van der Waals surface area contributed by atoms with Gasteiger partial charge in [0.1, 0.15) is 12.4 Å². The van der Waals surface area contributed by atoms with E-state index in [1.807, 2.05) is 4.90 Å². The Morgan fingerprint density at radius 3 is 2.52 bits per heavy atom. The summed E-state index contributed by atoms with van der Waals surface area (Å²) in [4.78, 5) is 21.1. The van der Waals surface area contributed by atoms with Crippen LogP contribution in [0.3, 0.4) is 0 Å². The maximum atomic E-state index is 13.7. The zero-order valence-electron chi connectivity index (χ0n) is 15.3. The number of ether oxygens (including phenoxy) is 1. The van der Waals surface area contributed by atoms with Crippen LogP contribution in [0.15, 0.2) is 24.0 Å². The van der Waals surface area contributed by atoms with Crippen molar-refractivity contribution >= 4 is 29.3 Å². The van der Waals surface area contributed by atoms with Crippen molar-refractivity contribution in [3.63, 3.8) is 0 Å². The smallest absolute Gasteiger partial charge is 0.303 e. The summed E-state index contributed by atoms with van der Waals surface area (Å²) in [5, 5.41) is 20.4. The molecule has 0 amide bonds. The second-order valence-corrected chi connectivity index (χ2v) is 6.64. The quantitative estimate of drug-likeness (QED) is 0.583. The third-order valence-electron chi connectivity index (χ3n) is 4.12. The summed E-state index contributed by atoms with van der Waals surface area (Å²) in [5.41, 5.74) is 7.00. The third-order valence-corrected chi connectivity index (χ3v) is 4.42. The number of hydrogen-bond donors (Lipinski definition) is 3. The lowest BCUT2D eigenvalue weighted by atomic mass is 10.0. The Kier molecular flexibility index (Phi) is 7.85. The maximum absolute atomic E-state index is 13.7. The first-order valence-electron chi connectivity index (χ1n) is 8.70. The summed E-state index contributed by atoms with van der Waals surface area (Å²) in [6.45, 7) is 0.751. The number of carbonyl (C=O) groups is 2. The Bertz CT molecular complexity index is 820. The number of thiocarbonyl (C=S) groups is 1. The molecule has 4 N–H and O–H groups in total. The largest absolute Gasteiger partial charge is 0.488 e. The Labute approximate surface area is 170 Å². The third kappa shape index (κ3) is 6.09. The highest BCUT2D eigenvalue weighted by Crippen LogP contribution is 2.32. The minimum atomic E-state index is -1.08. The average Bonchev–Trinajstić information content (AvgIpc) is 3.00. The monoisotopic (exact) mass is 428 g/mol. The fraction of sp³-hybridized carbons (Fsp3) is 0.389. The van der Waals surface area contributed by atoms with Gasteiger partial charge in [0, 0.05) is 36.4 Å². The number of carboxylic acids is 2. The van der Waals surface area contributed by atoms with Crippen LogP contribution in [0.25, 0.3) is 0 Å². The van der Waals surface area contributed by atoms with Gasteiger partial charge in [0.25, 0.3) is 0 Å². The van der Waals surface area contributed by atoms with Gasteiger partial charge in [-0.1, -0.05) is 0 Å². The maximum Gasteiger partial charge on any atom is 0.303 e. The summed E-state index contributed by atoms with van der Waals surface area (Å²) >= 11 is 5.23. The van der Waals surface area contributed by atoms with Gasteiger partial charge in [-0.2, -0.15) is 0 Å². The van der Waals surface area contributed by atoms with Crippen LogP contribution < -0.4 is 15.8 Å². The molecule has 0 saturated carbocycles. The molecule has 2 heterocycles. The van der Waals surface area contributed by atoms with E-state index >= 15 is 0 Å². The molecule has 1 atom stereocenters. The van der Waals surface area contributed by atoms with E-state index in [-0.39, 0.29) is 31.2 Å². The minimum absolute atomic E-state index is 0.124. The lowest BCUT2D eigenvalue weighted by Gasteiger charge is -2.34. The van der Waals surface area contributed by atoms with Crippen LogP contribution in [-0.4, -0.2) is 51.4 Å². The van der Waals surface area contributed by atoms with Crippen molar-refractivity contribution < 1.29 is 33.3 Å². The summed E-state index contributed by atoms with van der Waals surface area (Å²) < 4.78 is 32.5. The van der Waals surface area contributed by atoms with Crippen LogP contribution in [0.1, 0.15) is 24.8 Å². The molecule has 0 unspecified atom stereocenters. The molecule has 1 radical (unpaired) electrons. The fourth-order valence-corrected chi connectivity index (χ4v) is 3.22. The molecule has 157 valence electrons. The number of carboxylic acid groups (broad SMARTS) is 2. The van der Waals surface area contributed by atoms with Crippen molar-refractivity contribution in [1.29, 1.82) is 0 Å². The molecular weight excluding hydrogens is 408 g/mol. The number of fused-ring (bicyclic) bond motifs is 1. The predicted molar refractivity (Wildman–Crippen MR) is 102 cm³/mol. The van der Waals surface area contributed by atoms with Crippen LogP contribution in [-0.2, 0) is 16.0 Å². The number of nitrogens with zero attached hydrogens (tertiary/aromatic N) is 2. The summed E-state index contributed by atoms with van der Waals surface area (Å²) in [6, 6.07) is 2.00. The van der Waals surface area contributed by atoms with Gasteiger partial charge < -0.3 is 25.6 Å². The molecule has 0 aromatic heterocycles. The highest BCUT2D eigenvalue weighted by atomic mass is 32.1. The minimum Gasteiger partial charge on any atom is -0.488 e. The molecule has 0 aliphatic carbocycles. The second-order valence-electron chi connectivity index (χ2n) is 6.27. The number of halogens is 2. The van der Waals surface area contributed by atoms with Crippen molar-refractivity contribution in [2.24, 2.45) is 5.73 Å². The summed E-state index contributed by atoms with van der Waals surface area (Å²) in [6.07, 6.45) is 2.19. The van der Waals surface area contributed by atoms with Gasteiger partial charge in [0.2, 0.25) is 0 Å². The van der Waals surface area contributed by atoms with Crippen LogP contribution in [0.2, 0.25) is 0 Å². The van der Waals surface area contributed by atoms with Gasteiger partial charge in [-0.15, -0.1) is 0 Å². The molecular formula is C18H20F2N3O5S. The molecule has 8 nitrogen and oxygen atoms in total.